The zero-order valence-electron chi connectivity index (χ0n) is 9.07. The SMILES string of the molecule is Cc1nc(C(N)c2ccc(Br)cn2)sc1C. The third kappa shape index (κ3) is 2.31. The van der Waals surface area contributed by atoms with Gasteiger partial charge in [0.2, 0.25) is 0 Å². The molecular weight excluding hydrogens is 286 g/mol. The smallest absolute Gasteiger partial charge is 0.116 e. The topological polar surface area (TPSA) is 51.8 Å². The second kappa shape index (κ2) is 4.61. The molecular formula is C11H12BrN3S. The van der Waals surface area contributed by atoms with Crippen LogP contribution in [0.25, 0.3) is 0 Å². The van der Waals surface area contributed by atoms with Crippen LogP contribution in [0.4, 0.5) is 0 Å². The highest BCUT2D eigenvalue weighted by atomic mass is 79.9. The number of halogens is 1. The summed E-state index contributed by atoms with van der Waals surface area (Å²) >= 11 is 4.98. The number of nitrogens with two attached hydrogens (primary N) is 1. The van der Waals surface area contributed by atoms with Crippen LogP contribution in [0.5, 0.6) is 0 Å². The van der Waals surface area contributed by atoms with E-state index in [1.807, 2.05) is 19.1 Å². The Kier molecular flexibility index (Phi) is 3.37. The van der Waals surface area contributed by atoms with Crippen molar-refractivity contribution >= 4 is 27.3 Å². The Morgan fingerprint density at radius 2 is 2.12 bits per heavy atom. The van der Waals surface area contributed by atoms with Gasteiger partial charge in [0, 0.05) is 15.5 Å². The normalized spacial score (nSPS) is 12.8. The number of aryl methyl sites for hydroxylation is 2. The molecule has 0 saturated heterocycles. The number of pyridine rings is 1. The summed E-state index contributed by atoms with van der Waals surface area (Å²) in [5.74, 6) is 0. The van der Waals surface area contributed by atoms with Crippen molar-refractivity contribution in [2.45, 2.75) is 19.9 Å². The van der Waals surface area contributed by atoms with E-state index >= 15 is 0 Å². The second-order valence-electron chi connectivity index (χ2n) is 3.57. The number of thiazole rings is 1. The van der Waals surface area contributed by atoms with Crippen molar-refractivity contribution in [1.29, 1.82) is 0 Å². The molecule has 3 nitrogen and oxygen atoms in total. The fraction of sp³-hybridized carbons (Fsp3) is 0.273. The third-order valence-electron chi connectivity index (χ3n) is 2.38. The molecule has 84 valence electrons. The van der Waals surface area contributed by atoms with Crippen LogP contribution in [-0.4, -0.2) is 9.97 Å². The molecule has 0 amide bonds. The van der Waals surface area contributed by atoms with Crippen molar-refractivity contribution in [3.8, 4) is 0 Å². The van der Waals surface area contributed by atoms with Gasteiger partial charge in [0.05, 0.1) is 17.4 Å². The van der Waals surface area contributed by atoms with Crippen LogP contribution in [0.2, 0.25) is 0 Å². The zero-order chi connectivity index (χ0) is 11.7. The fourth-order valence-corrected chi connectivity index (χ4v) is 2.50. The highest BCUT2D eigenvalue weighted by Crippen LogP contribution is 2.25. The van der Waals surface area contributed by atoms with E-state index in [0.29, 0.717) is 0 Å². The standard InChI is InChI=1S/C11H12BrN3S/c1-6-7(2)16-11(15-6)10(13)9-4-3-8(12)5-14-9/h3-5,10H,13H2,1-2H3. The molecule has 2 rings (SSSR count). The molecule has 1 atom stereocenters. The van der Waals surface area contributed by atoms with Crippen molar-refractivity contribution in [1.82, 2.24) is 9.97 Å². The lowest BCUT2D eigenvalue weighted by Crippen LogP contribution is -2.13. The van der Waals surface area contributed by atoms with Gasteiger partial charge in [-0.25, -0.2) is 4.98 Å². The Labute approximate surface area is 107 Å². The molecule has 2 N–H and O–H groups in total. The lowest BCUT2D eigenvalue weighted by molar-refractivity contribution is 0.813. The van der Waals surface area contributed by atoms with E-state index in [1.54, 1.807) is 17.5 Å². The van der Waals surface area contributed by atoms with Gasteiger partial charge in [0.15, 0.2) is 0 Å². The fourth-order valence-electron chi connectivity index (χ4n) is 1.33. The van der Waals surface area contributed by atoms with Crippen LogP contribution in [-0.2, 0) is 0 Å². The molecule has 0 aliphatic heterocycles. The summed E-state index contributed by atoms with van der Waals surface area (Å²) in [6, 6.07) is 3.63. The maximum Gasteiger partial charge on any atom is 0.116 e. The molecule has 2 aromatic rings. The van der Waals surface area contributed by atoms with E-state index < -0.39 is 0 Å². The molecule has 16 heavy (non-hydrogen) atoms. The van der Waals surface area contributed by atoms with E-state index in [0.717, 1.165) is 20.9 Å². The molecule has 0 aliphatic rings. The Hall–Kier alpha value is -0.780. The largest absolute Gasteiger partial charge is 0.317 e. The maximum atomic E-state index is 6.12. The van der Waals surface area contributed by atoms with Gasteiger partial charge in [-0.3, -0.25) is 4.98 Å². The molecule has 2 aromatic heterocycles. The molecule has 0 spiro atoms. The van der Waals surface area contributed by atoms with Gasteiger partial charge in [-0.05, 0) is 41.9 Å². The quantitative estimate of drug-likeness (QED) is 0.927. The minimum Gasteiger partial charge on any atom is -0.317 e. The van der Waals surface area contributed by atoms with Gasteiger partial charge >= 0.3 is 0 Å². The van der Waals surface area contributed by atoms with Gasteiger partial charge in [0.1, 0.15) is 5.01 Å². The number of hydrogen-bond acceptors (Lipinski definition) is 4. The molecule has 0 aliphatic carbocycles. The van der Waals surface area contributed by atoms with Crippen LogP contribution >= 0.6 is 27.3 Å². The number of aromatic nitrogens is 2. The van der Waals surface area contributed by atoms with Crippen LogP contribution in [0.3, 0.4) is 0 Å². The highest BCUT2D eigenvalue weighted by Gasteiger charge is 2.15. The Balaban J connectivity index is 2.31. The summed E-state index contributed by atoms with van der Waals surface area (Å²) in [7, 11) is 0. The molecule has 2 heterocycles. The van der Waals surface area contributed by atoms with E-state index in [4.69, 9.17) is 5.73 Å². The predicted octanol–water partition coefficient (Wildman–Crippen LogP) is 2.97. The minimum absolute atomic E-state index is 0.231. The van der Waals surface area contributed by atoms with Gasteiger partial charge in [-0.15, -0.1) is 11.3 Å². The summed E-state index contributed by atoms with van der Waals surface area (Å²) in [5, 5.41) is 0.921. The Morgan fingerprint density at radius 1 is 1.38 bits per heavy atom. The minimum atomic E-state index is -0.231. The van der Waals surface area contributed by atoms with E-state index in [-0.39, 0.29) is 6.04 Å². The first kappa shape index (κ1) is 11.7. The Bertz CT molecular complexity index is 473. The van der Waals surface area contributed by atoms with E-state index in [2.05, 4.69) is 32.8 Å². The van der Waals surface area contributed by atoms with Gasteiger partial charge in [0.25, 0.3) is 0 Å². The molecule has 1 unspecified atom stereocenters. The first-order chi connectivity index (χ1) is 7.58. The van der Waals surface area contributed by atoms with Gasteiger partial charge in [-0.1, -0.05) is 0 Å². The third-order valence-corrected chi connectivity index (χ3v) is 4.01. The number of nitrogens with zero attached hydrogens (tertiary/aromatic N) is 2. The van der Waals surface area contributed by atoms with Crippen LogP contribution in [0.1, 0.15) is 27.3 Å². The van der Waals surface area contributed by atoms with Gasteiger partial charge in [-0.2, -0.15) is 0 Å². The summed E-state index contributed by atoms with van der Waals surface area (Å²) in [5.41, 5.74) is 8.01. The van der Waals surface area contributed by atoms with Crippen LogP contribution < -0.4 is 5.73 Å². The van der Waals surface area contributed by atoms with Crippen molar-refractivity contribution < 1.29 is 0 Å². The van der Waals surface area contributed by atoms with Gasteiger partial charge < -0.3 is 5.73 Å². The molecule has 5 heteroatoms. The van der Waals surface area contributed by atoms with Crippen LogP contribution in [0.15, 0.2) is 22.8 Å². The summed E-state index contributed by atoms with van der Waals surface area (Å²) in [6.45, 7) is 4.05. The zero-order valence-corrected chi connectivity index (χ0v) is 11.5. The molecule has 0 saturated carbocycles. The predicted molar refractivity (Wildman–Crippen MR) is 69.6 cm³/mol. The summed E-state index contributed by atoms with van der Waals surface area (Å²) in [4.78, 5) is 9.95. The molecule has 0 radical (unpaired) electrons. The van der Waals surface area contributed by atoms with Crippen molar-refractivity contribution in [3.05, 3.63) is 44.1 Å². The summed E-state index contributed by atoms with van der Waals surface area (Å²) in [6.07, 6.45) is 1.75. The molecule has 0 fully saturated rings. The lowest BCUT2D eigenvalue weighted by atomic mass is 10.2. The first-order valence-corrected chi connectivity index (χ1v) is 6.50. The monoisotopic (exact) mass is 297 g/mol. The van der Waals surface area contributed by atoms with Crippen LogP contribution in [0, 0.1) is 13.8 Å². The summed E-state index contributed by atoms with van der Waals surface area (Å²) < 4.78 is 0.954. The second-order valence-corrected chi connectivity index (χ2v) is 5.72. The number of rotatable bonds is 2. The van der Waals surface area contributed by atoms with E-state index in [9.17, 15) is 0 Å². The average Bonchev–Trinajstić information content (AvgIpc) is 2.59. The average molecular weight is 298 g/mol. The molecule has 0 bridgehead atoms. The van der Waals surface area contributed by atoms with Crippen molar-refractivity contribution in [3.63, 3.8) is 0 Å². The maximum absolute atomic E-state index is 6.12. The number of hydrogen-bond donors (Lipinski definition) is 1. The first-order valence-electron chi connectivity index (χ1n) is 4.89. The highest BCUT2D eigenvalue weighted by molar-refractivity contribution is 9.10. The van der Waals surface area contributed by atoms with Crippen molar-refractivity contribution in [2.75, 3.05) is 0 Å². The van der Waals surface area contributed by atoms with Crippen molar-refractivity contribution in [2.24, 2.45) is 5.73 Å². The Morgan fingerprint density at radius 3 is 2.62 bits per heavy atom. The lowest BCUT2D eigenvalue weighted by Gasteiger charge is -2.07. The molecule has 0 aromatic carbocycles. The van der Waals surface area contributed by atoms with E-state index in [1.165, 1.54) is 4.88 Å².